The molecule has 0 aromatic heterocycles. The van der Waals surface area contributed by atoms with Crippen molar-refractivity contribution in [3.05, 3.63) is 63.6 Å². The van der Waals surface area contributed by atoms with Crippen LogP contribution < -0.4 is 4.72 Å². The maximum absolute atomic E-state index is 12.9. The van der Waals surface area contributed by atoms with Gasteiger partial charge in [0.2, 0.25) is 10.0 Å². The number of amides is 1. The van der Waals surface area contributed by atoms with Crippen LogP contribution in [0.2, 0.25) is 0 Å². The fourth-order valence-corrected chi connectivity index (χ4v) is 4.22. The summed E-state index contributed by atoms with van der Waals surface area (Å²) in [6.07, 6.45) is 1.74. The number of aryl methyl sites for hydroxylation is 1. The van der Waals surface area contributed by atoms with E-state index in [1.54, 1.807) is 24.1 Å². The van der Waals surface area contributed by atoms with Crippen LogP contribution in [0.25, 0.3) is 0 Å². The predicted octanol–water partition coefficient (Wildman–Crippen LogP) is 3.47. The molecular weight excluding hydrogens is 416 g/mol. The number of sulfonamides is 1. The minimum absolute atomic E-state index is 0.0283. The zero-order valence-electron chi connectivity index (χ0n) is 14.7. The van der Waals surface area contributed by atoms with Crippen molar-refractivity contribution in [2.75, 3.05) is 7.05 Å². The summed E-state index contributed by atoms with van der Waals surface area (Å²) in [6.45, 7) is 2.26. The van der Waals surface area contributed by atoms with Crippen LogP contribution in [0.5, 0.6) is 0 Å². The van der Waals surface area contributed by atoms with Gasteiger partial charge in [-0.1, -0.05) is 34.1 Å². The van der Waals surface area contributed by atoms with Crippen molar-refractivity contribution in [2.45, 2.75) is 37.2 Å². The van der Waals surface area contributed by atoms with E-state index in [0.29, 0.717) is 12.1 Å². The fraction of sp³-hybridized carbons (Fsp3) is 0.316. The minimum Gasteiger partial charge on any atom is -0.337 e. The van der Waals surface area contributed by atoms with Gasteiger partial charge in [0.15, 0.2) is 0 Å². The van der Waals surface area contributed by atoms with Gasteiger partial charge in [-0.25, -0.2) is 13.1 Å². The number of nitrogens with zero attached hydrogens (tertiary/aromatic N) is 1. The Bertz CT molecular complexity index is 922. The van der Waals surface area contributed by atoms with Gasteiger partial charge in [0.25, 0.3) is 5.91 Å². The molecule has 3 rings (SSSR count). The summed E-state index contributed by atoms with van der Waals surface area (Å²) >= 11 is 3.39. The highest BCUT2D eigenvalue weighted by atomic mass is 79.9. The van der Waals surface area contributed by atoms with Crippen molar-refractivity contribution in [3.8, 4) is 0 Å². The summed E-state index contributed by atoms with van der Waals surface area (Å²) < 4.78 is 28.5. The van der Waals surface area contributed by atoms with Gasteiger partial charge < -0.3 is 4.90 Å². The Morgan fingerprint density at radius 2 is 1.85 bits per heavy atom. The number of rotatable bonds is 6. The fourth-order valence-electron chi connectivity index (χ4n) is 2.63. The molecule has 26 heavy (non-hydrogen) atoms. The molecule has 0 saturated heterocycles. The molecule has 1 saturated carbocycles. The lowest BCUT2D eigenvalue weighted by Crippen LogP contribution is -2.28. The lowest BCUT2D eigenvalue weighted by atomic mass is 10.1. The molecule has 0 bridgehead atoms. The molecule has 0 spiro atoms. The summed E-state index contributed by atoms with van der Waals surface area (Å²) in [5.74, 6) is -0.200. The first-order valence-corrected chi connectivity index (χ1v) is 10.7. The number of hydrogen-bond acceptors (Lipinski definition) is 3. The number of benzene rings is 2. The third-order valence-corrected chi connectivity index (χ3v) is 6.38. The average Bonchev–Trinajstić information content (AvgIpc) is 3.39. The van der Waals surface area contributed by atoms with E-state index in [4.69, 9.17) is 0 Å². The molecule has 1 fully saturated rings. The standard InChI is InChI=1S/C19H21BrN2O3S/c1-13-3-10-17(26(24,25)21-16-8-9-16)11-18(13)19(23)22(2)12-14-4-6-15(20)7-5-14/h3-7,10-11,16,21H,8-9,12H2,1-2H3. The van der Waals surface area contributed by atoms with Crippen molar-refractivity contribution >= 4 is 31.9 Å². The molecule has 0 radical (unpaired) electrons. The van der Waals surface area contributed by atoms with E-state index in [0.717, 1.165) is 28.4 Å². The Hall–Kier alpha value is -1.70. The van der Waals surface area contributed by atoms with Crippen molar-refractivity contribution in [1.82, 2.24) is 9.62 Å². The third-order valence-electron chi connectivity index (χ3n) is 4.33. The van der Waals surface area contributed by atoms with Gasteiger partial charge in [-0.15, -0.1) is 0 Å². The monoisotopic (exact) mass is 436 g/mol. The average molecular weight is 437 g/mol. The van der Waals surface area contributed by atoms with Crippen LogP contribution in [0.3, 0.4) is 0 Å². The quantitative estimate of drug-likeness (QED) is 0.753. The molecular formula is C19H21BrN2O3S. The second kappa shape index (κ2) is 7.50. The zero-order valence-corrected chi connectivity index (χ0v) is 17.1. The predicted molar refractivity (Wildman–Crippen MR) is 104 cm³/mol. The molecule has 1 N–H and O–H groups in total. The molecule has 0 atom stereocenters. The van der Waals surface area contributed by atoms with Crippen LogP contribution in [0.4, 0.5) is 0 Å². The summed E-state index contributed by atoms with van der Waals surface area (Å²) in [5, 5.41) is 0. The van der Waals surface area contributed by atoms with E-state index in [9.17, 15) is 13.2 Å². The van der Waals surface area contributed by atoms with E-state index in [2.05, 4.69) is 20.7 Å². The Morgan fingerprint density at radius 3 is 2.46 bits per heavy atom. The molecule has 1 aliphatic rings. The molecule has 1 amide bonds. The maximum atomic E-state index is 12.9. The summed E-state index contributed by atoms with van der Waals surface area (Å²) in [7, 11) is -1.87. The number of hydrogen-bond donors (Lipinski definition) is 1. The first-order valence-electron chi connectivity index (χ1n) is 8.39. The Balaban J connectivity index is 1.81. The van der Waals surface area contributed by atoms with E-state index in [-0.39, 0.29) is 16.8 Å². The number of carbonyl (C=O) groups excluding carboxylic acids is 1. The molecule has 7 heteroatoms. The van der Waals surface area contributed by atoms with E-state index in [1.165, 1.54) is 6.07 Å². The maximum Gasteiger partial charge on any atom is 0.254 e. The van der Waals surface area contributed by atoms with Crippen molar-refractivity contribution in [2.24, 2.45) is 0 Å². The topological polar surface area (TPSA) is 66.5 Å². The third kappa shape index (κ3) is 4.52. The SMILES string of the molecule is Cc1ccc(S(=O)(=O)NC2CC2)cc1C(=O)N(C)Cc1ccc(Br)cc1. The van der Waals surface area contributed by atoms with E-state index in [1.807, 2.05) is 31.2 Å². The lowest BCUT2D eigenvalue weighted by molar-refractivity contribution is 0.0784. The van der Waals surface area contributed by atoms with Gasteiger partial charge in [-0.3, -0.25) is 4.79 Å². The van der Waals surface area contributed by atoms with Gasteiger partial charge in [-0.05, 0) is 55.2 Å². The second-order valence-corrected chi connectivity index (χ2v) is 9.29. The highest BCUT2D eigenvalue weighted by Crippen LogP contribution is 2.24. The Morgan fingerprint density at radius 1 is 1.19 bits per heavy atom. The van der Waals surface area contributed by atoms with Crippen LogP contribution in [0.15, 0.2) is 51.8 Å². The molecule has 0 aliphatic heterocycles. The van der Waals surface area contributed by atoms with E-state index < -0.39 is 10.0 Å². The Labute approximate surface area is 162 Å². The molecule has 0 heterocycles. The van der Waals surface area contributed by atoms with Gasteiger partial charge in [0.05, 0.1) is 4.90 Å². The van der Waals surface area contributed by atoms with Crippen molar-refractivity contribution in [3.63, 3.8) is 0 Å². The van der Waals surface area contributed by atoms with Crippen molar-refractivity contribution < 1.29 is 13.2 Å². The van der Waals surface area contributed by atoms with E-state index >= 15 is 0 Å². The second-order valence-electron chi connectivity index (χ2n) is 6.66. The van der Waals surface area contributed by atoms with Crippen LogP contribution in [0, 0.1) is 6.92 Å². The molecule has 2 aromatic carbocycles. The lowest BCUT2D eigenvalue weighted by Gasteiger charge is -2.19. The summed E-state index contributed by atoms with van der Waals surface area (Å²) in [6, 6.07) is 12.5. The summed E-state index contributed by atoms with van der Waals surface area (Å²) in [4.78, 5) is 14.6. The number of nitrogens with one attached hydrogen (secondary N) is 1. The largest absolute Gasteiger partial charge is 0.337 e. The van der Waals surface area contributed by atoms with Gasteiger partial charge in [0, 0.05) is 29.7 Å². The number of carbonyl (C=O) groups is 1. The normalized spacial score (nSPS) is 14.3. The highest BCUT2D eigenvalue weighted by Gasteiger charge is 2.28. The van der Waals surface area contributed by atoms with Crippen LogP contribution in [-0.4, -0.2) is 32.3 Å². The zero-order chi connectivity index (χ0) is 18.9. The Kier molecular flexibility index (Phi) is 5.50. The summed E-state index contributed by atoms with van der Waals surface area (Å²) in [5.41, 5.74) is 2.16. The van der Waals surface area contributed by atoms with Gasteiger partial charge in [0.1, 0.15) is 0 Å². The molecule has 138 valence electrons. The number of halogens is 1. The minimum atomic E-state index is -3.59. The molecule has 1 aliphatic carbocycles. The highest BCUT2D eigenvalue weighted by molar-refractivity contribution is 9.10. The first kappa shape index (κ1) is 19.1. The van der Waals surface area contributed by atoms with Crippen LogP contribution in [0.1, 0.15) is 34.3 Å². The van der Waals surface area contributed by atoms with Gasteiger partial charge >= 0.3 is 0 Å². The first-order chi connectivity index (χ1) is 12.3. The smallest absolute Gasteiger partial charge is 0.254 e. The molecule has 0 unspecified atom stereocenters. The molecule has 5 nitrogen and oxygen atoms in total. The van der Waals surface area contributed by atoms with Crippen LogP contribution in [-0.2, 0) is 16.6 Å². The van der Waals surface area contributed by atoms with Crippen molar-refractivity contribution in [1.29, 1.82) is 0 Å². The van der Waals surface area contributed by atoms with Gasteiger partial charge in [-0.2, -0.15) is 0 Å². The molecule has 2 aromatic rings. The van der Waals surface area contributed by atoms with Crippen LogP contribution >= 0.6 is 15.9 Å².